The number of nitrogens with one attached hydrogen (secondary N) is 1. The topological polar surface area (TPSA) is 59.9 Å². The van der Waals surface area contributed by atoms with E-state index in [1.807, 2.05) is 37.3 Å². The molecule has 0 bridgehead atoms. The van der Waals surface area contributed by atoms with Gasteiger partial charge in [0.05, 0.1) is 26.9 Å². The third-order valence-corrected chi connectivity index (χ3v) is 3.26. The maximum Gasteiger partial charge on any atom is 0.244 e. The van der Waals surface area contributed by atoms with Crippen molar-refractivity contribution in [3.63, 3.8) is 0 Å². The Morgan fingerprint density at radius 2 is 1.91 bits per heavy atom. The molecule has 23 heavy (non-hydrogen) atoms. The number of amides is 1. The van der Waals surface area contributed by atoms with E-state index >= 15 is 0 Å². The van der Waals surface area contributed by atoms with Crippen LogP contribution in [0.4, 0.5) is 0 Å². The lowest BCUT2D eigenvalue weighted by molar-refractivity contribution is -0.120. The molecule has 2 aromatic rings. The molecule has 0 aromatic heterocycles. The van der Waals surface area contributed by atoms with Crippen LogP contribution in [0.15, 0.2) is 47.6 Å². The fraction of sp³-hybridized carbons (Fsp3) is 0.222. The minimum absolute atomic E-state index is 0.193. The van der Waals surface area contributed by atoms with Crippen molar-refractivity contribution >= 4 is 12.1 Å². The monoisotopic (exact) mass is 312 g/mol. The van der Waals surface area contributed by atoms with Crippen molar-refractivity contribution in [1.29, 1.82) is 0 Å². The van der Waals surface area contributed by atoms with E-state index in [0.717, 1.165) is 16.7 Å². The first-order valence-electron chi connectivity index (χ1n) is 7.22. The summed E-state index contributed by atoms with van der Waals surface area (Å²) in [4.78, 5) is 11.9. The molecule has 0 aliphatic carbocycles. The van der Waals surface area contributed by atoms with Crippen LogP contribution >= 0.6 is 0 Å². The van der Waals surface area contributed by atoms with E-state index in [1.54, 1.807) is 32.6 Å². The Balaban J connectivity index is 1.94. The number of methoxy groups -OCH3 is 2. The van der Waals surface area contributed by atoms with Crippen molar-refractivity contribution < 1.29 is 14.3 Å². The van der Waals surface area contributed by atoms with E-state index in [-0.39, 0.29) is 12.3 Å². The van der Waals surface area contributed by atoms with Gasteiger partial charge in [-0.1, -0.05) is 35.9 Å². The molecular formula is C18H20N2O3. The second-order valence-corrected chi connectivity index (χ2v) is 5.07. The largest absolute Gasteiger partial charge is 0.493 e. The van der Waals surface area contributed by atoms with E-state index < -0.39 is 0 Å². The highest BCUT2D eigenvalue weighted by Gasteiger charge is 2.07. The van der Waals surface area contributed by atoms with Gasteiger partial charge in [-0.3, -0.25) is 4.79 Å². The van der Waals surface area contributed by atoms with Crippen molar-refractivity contribution in [3.05, 3.63) is 59.2 Å². The fourth-order valence-electron chi connectivity index (χ4n) is 2.14. The van der Waals surface area contributed by atoms with E-state index in [9.17, 15) is 4.79 Å². The second-order valence-electron chi connectivity index (χ2n) is 5.07. The quantitative estimate of drug-likeness (QED) is 0.659. The van der Waals surface area contributed by atoms with Crippen LogP contribution in [0, 0.1) is 6.92 Å². The number of benzene rings is 2. The summed E-state index contributed by atoms with van der Waals surface area (Å²) in [5, 5.41) is 3.97. The summed E-state index contributed by atoms with van der Waals surface area (Å²) < 4.78 is 10.4. The third kappa shape index (κ3) is 4.85. The van der Waals surface area contributed by atoms with Crippen molar-refractivity contribution in [2.45, 2.75) is 13.3 Å². The second kappa shape index (κ2) is 7.98. The third-order valence-electron chi connectivity index (χ3n) is 3.26. The van der Waals surface area contributed by atoms with Crippen LogP contribution in [0.2, 0.25) is 0 Å². The van der Waals surface area contributed by atoms with Crippen LogP contribution < -0.4 is 14.9 Å². The number of hydrazone groups is 1. The molecule has 2 aromatic carbocycles. The van der Waals surface area contributed by atoms with E-state index in [1.165, 1.54) is 0 Å². The van der Waals surface area contributed by atoms with Crippen LogP contribution in [-0.4, -0.2) is 26.3 Å². The van der Waals surface area contributed by atoms with Crippen molar-refractivity contribution in [1.82, 2.24) is 5.43 Å². The molecule has 5 nitrogen and oxygen atoms in total. The number of aryl methyl sites for hydroxylation is 1. The summed E-state index contributed by atoms with van der Waals surface area (Å²) in [5.41, 5.74) is 5.43. The molecule has 0 fully saturated rings. The normalized spacial score (nSPS) is 10.6. The van der Waals surface area contributed by atoms with Gasteiger partial charge in [-0.2, -0.15) is 5.10 Å². The van der Waals surface area contributed by atoms with Crippen LogP contribution in [0.3, 0.4) is 0 Å². The first-order chi connectivity index (χ1) is 11.1. The van der Waals surface area contributed by atoms with Gasteiger partial charge < -0.3 is 9.47 Å². The Morgan fingerprint density at radius 3 is 2.61 bits per heavy atom. The molecule has 0 spiro atoms. The number of nitrogens with zero attached hydrogens (tertiary/aromatic N) is 1. The van der Waals surface area contributed by atoms with Gasteiger partial charge >= 0.3 is 0 Å². The highest BCUT2D eigenvalue weighted by Crippen LogP contribution is 2.27. The molecule has 0 aliphatic heterocycles. The van der Waals surface area contributed by atoms with Gasteiger partial charge in [0, 0.05) is 0 Å². The molecular weight excluding hydrogens is 292 g/mol. The predicted molar refractivity (Wildman–Crippen MR) is 90.2 cm³/mol. The lowest BCUT2D eigenvalue weighted by atomic mass is 10.1. The van der Waals surface area contributed by atoms with Gasteiger partial charge in [-0.25, -0.2) is 5.43 Å². The van der Waals surface area contributed by atoms with Gasteiger partial charge in [-0.05, 0) is 30.2 Å². The predicted octanol–water partition coefficient (Wildman–Crippen LogP) is 2.71. The zero-order valence-electron chi connectivity index (χ0n) is 13.5. The highest BCUT2D eigenvalue weighted by atomic mass is 16.5. The Kier molecular flexibility index (Phi) is 5.74. The van der Waals surface area contributed by atoms with Crippen LogP contribution in [0.25, 0.3) is 0 Å². The molecule has 1 N–H and O–H groups in total. The standard InChI is InChI=1S/C18H20N2O3/c1-13-5-4-6-15(9-13)12-19-20-18(21)11-14-7-8-16(22-2)17(10-14)23-3/h4-10,12H,11H2,1-3H3,(H,20,21)/b19-12-. The maximum atomic E-state index is 11.9. The molecule has 120 valence electrons. The van der Waals surface area contributed by atoms with Gasteiger partial charge in [-0.15, -0.1) is 0 Å². The Morgan fingerprint density at radius 1 is 1.13 bits per heavy atom. The SMILES string of the molecule is COc1ccc(CC(=O)N/N=C\c2cccc(C)c2)cc1OC. The number of hydrogen-bond donors (Lipinski definition) is 1. The molecule has 0 saturated heterocycles. The number of carbonyl (C=O) groups excluding carboxylic acids is 1. The summed E-state index contributed by atoms with van der Waals surface area (Å²) in [6, 6.07) is 13.3. The van der Waals surface area contributed by atoms with E-state index in [0.29, 0.717) is 11.5 Å². The minimum Gasteiger partial charge on any atom is -0.493 e. The van der Waals surface area contributed by atoms with Gasteiger partial charge in [0.2, 0.25) is 5.91 Å². The Labute approximate surface area is 135 Å². The Hall–Kier alpha value is -2.82. The first-order valence-corrected chi connectivity index (χ1v) is 7.22. The number of ether oxygens (including phenoxy) is 2. The number of carbonyl (C=O) groups is 1. The molecule has 0 heterocycles. The molecule has 0 unspecified atom stereocenters. The van der Waals surface area contributed by atoms with Crippen LogP contribution in [0.1, 0.15) is 16.7 Å². The Bertz CT molecular complexity index is 711. The smallest absolute Gasteiger partial charge is 0.244 e. The molecule has 1 amide bonds. The highest BCUT2D eigenvalue weighted by molar-refractivity contribution is 5.83. The molecule has 0 aliphatic rings. The molecule has 0 radical (unpaired) electrons. The summed E-state index contributed by atoms with van der Waals surface area (Å²) in [7, 11) is 3.14. The average molecular weight is 312 g/mol. The zero-order chi connectivity index (χ0) is 16.7. The van der Waals surface area contributed by atoms with E-state index in [2.05, 4.69) is 10.5 Å². The summed E-state index contributed by atoms with van der Waals surface area (Å²) in [5.74, 6) is 1.04. The molecule has 5 heteroatoms. The van der Waals surface area contributed by atoms with E-state index in [4.69, 9.17) is 9.47 Å². The van der Waals surface area contributed by atoms with Crippen molar-refractivity contribution in [2.24, 2.45) is 5.10 Å². The molecule has 2 rings (SSSR count). The van der Waals surface area contributed by atoms with Crippen LogP contribution in [-0.2, 0) is 11.2 Å². The molecule has 0 atom stereocenters. The average Bonchev–Trinajstić information content (AvgIpc) is 2.54. The number of hydrogen-bond acceptors (Lipinski definition) is 4. The summed E-state index contributed by atoms with van der Waals surface area (Å²) in [6.07, 6.45) is 1.84. The lowest BCUT2D eigenvalue weighted by Crippen LogP contribution is -2.19. The van der Waals surface area contributed by atoms with Crippen molar-refractivity contribution in [3.8, 4) is 11.5 Å². The van der Waals surface area contributed by atoms with Gasteiger partial charge in [0.1, 0.15) is 0 Å². The minimum atomic E-state index is -0.193. The van der Waals surface area contributed by atoms with Gasteiger partial charge in [0.15, 0.2) is 11.5 Å². The maximum absolute atomic E-state index is 11.9. The summed E-state index contributed by atoms with van der Waals surface area (Å²) >= 11 is 0. The summed E-state index contributed by atoms with van der Waals surface area (Å²) in [6.45, 7) is 2.01. The zero-order valence-corrected chi connectivity index (χ0v) is 13.5. The lowest BCUT2D eigenvalue weighted by Gasteiger charge is -2.09. The fourth-order valence-corrected chi connectivity index (χ4v) is 2.14. The van der Waals surface area contributed by atoms with Crippen LogP contribution in [0.5, 0.6) is 11.5 Å². The first kappa shape index (κ1) is 16.5. The number of rotatable bonds is 6. The van der Waals surface area contributed by atoms with Crippen molar-refractivity contribution in [2.75, 3.05) is 14.2 Å². The van der Waals surface area contributed by atoms with Gasteiger partial charge in [0.25, 0.3) is 0 Å². The molecule has 0 saturated carbocycles.